The van der Waals surface area contributed by atoms with Crippen molar-refractivity contribution in [3.05, 3.63) is 0 Å². The number of ether oxygens (including phenoxy) is 1. The third-order valence-electron chi connectivity index (χ3n) is 8.39. The molecule has 0 saturated carbocycles. The van der Waals surface area contributed by atoms with Gasteiger partial charge >= 0.3 is 5.97 Å². The number of carbonyl (C=O) groups is 1. The van der Waals surface area contributed by atoms with E-state index < -0.39 is 0 Å². The van der Waals surface area contributed by atoms with Crippen molar-refractivity contribution in [2.24, 2.45) is 5.41 Å². The van der Waals surface area contributed by atoms with Crippen LogP contribution in [0.5, 0.6) is 0 Å². The van der Waals surface area contributed by atoms with Crippen LogP contribution in [0, 0.1) is 5.41 Å². The smallest absolute Gasteiger partial charge is 0.311 e. The van der Waals surface area contributed by atoms with Crippen LogP contribution >= 0.6 is 0 Å². The van der Waals surface area contributed by atoms with Crippen molar-refractivity contribution < 1.29 is 9.53 Å². The molecule has 0 aliphatic carbocycles. The minimum Gasteiger partial charge on any atom is -0.465 e. The topological polar surface area (TPSA) is 26.3 Å². The number of carbonyl (C=O) groups excluding carboxylic acids is 1. The molecule has 0 aromatic carbocycles. The van der Waals surface area contributed by atoms with E-state index in [2.05, 4.69) is 27.7 Å². The lowest BCUT2D eigenvalue weighted by Crippen LogP contribution is -2.30. The number of unbranched alkanes of at least 4 members (excludes halogenated alkanes) is 23. The fourth-order valence-electron chi connectivity index (χ4n) is 5.56. The molecule has 0 bridgehead atoms. The molecule has 0 fully saturated rings. The first kappa shape index (κ1) is 36.5. The van der Waals surface area contributed by atoms with Crippen LogP contribution in [-0.4, -0.2) is 12.6 Å². The van der Waals surface area contributed by atoms with Crippen molar-refractivity contribution >= 4 is 5.97 Å². The van der Waals surface area contributed by atoms with E-state index in [0.717, 1.165) is 25.7 Å². The lowest BCUT2D eigenvalue weighted by Gasteiger charge is -2.27. The maximum Gasteiger partial charge on any atom is 0.311 e. The van der Waals surface area contributed by atoms with Crippen LogP contribution in [0.3, 0.4) is 0 Å². The Labute approximate surface area is 234 Å². The highest BCUT2D eigenvalue weighted by atomic mass is 16.5. The van der Waals surface area contributed by atoms with Gasteiger partial charge in [-0.15, -0.1) is 0 Å². The van der Waals surface area contributed by atoms with Crippen LogP contribution in [0.15, 0.2) is 0 Å². The third-order valence-corrected chi connectivity index (χ3v) is 8.39. The molecule has 0 spiro atoms. The Balaban J connectivity index is 3.86. The van der Waals surface area contributed by atoms with Gasteiger partial charge in [0.25, 0.3) is 0 Å². The molecule has 222 valence electrons. The van der Waals surface area contributed by atoms with Crippen LogP contribution < -0.4 is 0 Å². The Kier molecular flexibility index (Phi) is 28.1. The molecule has 0 aliphatic rings. The molecule has 0 rings (SSSR count). The average Bonchev–Trinajstić information content (AvgIpc) is 2.90. The molecule has 0 aliphatic heterocycles. The van der Waals surface area contributed by atoms with Gasteiger partial charge in [0.15, 0.2) is 0 Å². The Bertz CT molecular complexity index is 460. The first-order valence-corrected chi connectivity index (χ1v) is 17.3. The Hall–Kier alpha value is -0.530. The molecule has 0 saturated heterocycles. The Morgan fingerprint density at radius 2 is 0.703 bits per heavy atom. The maximum absolute atomic E-state index is 13.0. The predicted molar refractivity (Wildman–Crippen MR) is 165 cm³/mol. The highest BCUT2D eigenvalue weighted by Crippen LogP contribution is 2.33. The van der Waals surface area contributed by atoms with Crippen molar-refractivity contribution in [3.63, 3.8) is 0 Å². The van der Waals surface area contributed by atoms with E-state index in [1.54, 1.807) is 0 Å². The third kappa shape index (κ3) is 24.3. The van der Waals surface area contributed by atoms with E-state index in [4.69, 9.17) is 4.74 Å². The SMILES string of the molecule is CCCCCCCCCCCCCCCCOC(=O)C(C)(CCCCC)CCCCCCCCCCC. The molecule has 0 amide bonds. The minimum atomic E-state index is -0.272. The van der Waals surface area contributed by atoms with Gasteiger partial charge in [-0.1, -0.05) is 181 Å². The maximum atomic E-state index is 13.0. The van der Waals surface area contributed by atoms with Crippen LogP contribution in [0.25, 0.3) is 0 Å². The van der Waals surface area contributed by atoms with Crippen LogP contribution in [0.4, 0.5) is 0 Å². The monoisotopic (exact) mass is 523 g/mol. The van der Waals surface area contributed by atoms with Crippen LogP contribution in [-0.2, 0) is 9.53 Å². The van der Waals surface area contributed by atoms with Gasteiger partial charge in [0.05, 0.1) is 12.0 Å². The zero-order valence-electron chi connectivity index (χ0n) is 26.3. The van der Waals surface area contributed by atoms with E-state index >= 15 is 0 Å². The Morgan fingerprint density at radius 1 is 0.432 bits per heavy atom. The van der Waals surface area contributed by atoms with Crippen molar-refractivity contribution in [3.8, 4) is 0 Å². The van der Waals surface area contributed by atoms with Crippen LogP contribution in [0.1, 0.15) is 207 Å². The van der Waals surface area contributed by atoms with Crippen molar-refractivity contribution in [1.29, 1.82) is 0 Å². The summed E-state index contributed by atoms with van der Waals surface area (Å²) in [5, 5.41) is 0. The van der Waals surface area contributed by atoms with E-state index in [9.17, 15) is 4.79 Å². The quantitative estimate of drug-likeness (QED) is 0.0692. The number of esters is 1. The zero-order chi connectivity index (χ0) is 27.3. The molecule has 0 aromatic rings. The summed E-state index contributed by atoms with van der Waals surface area (Å²) in [4.78, 5) is 13.0. The standard InChI is InChI=1S/C35H70O2/c1-5-8-11-13-15-17-18-19-20-21-23-25-27-30-33-37-34(36)35(4,31-28-10-7-3)32-29-26-24-22-16-14-12-9-6-2/h5-33H2,1-4H3. The summed E-state index contributed by atoms with van der Waals surface area (Å²) in [6, 6.07) is 0. The summed E-state index contributed by atoms with van der Waals surface area (Å²) in [5.74, 6) is 0.0814. The van der Waals surface area contributed by atoms with Gasteiger partial charge in [-0.05, 0) is 26.2 Å². The van der Waals surface area contributed by atoms with Crippen molar-refractivity contribution in [2.45, 2.75) is 207 Å². The van der Waals surface area contributed by atoms with Gasteiger partial charge in [0.2, 0.25) is 0 Å². The molecule has 0 aromatic heterocycles. The van der Waals surface area contributed by atoms with Gasteiger partial charge < -0.3 is 4.74 Å². The van der Waals surface area contributed by atoms with Gasteiger partial charge in [0.1, 0.15) is 0 Å². The van der Waals surface area contributed by atoms with Gasteiger partial charge in [-0.25, -0.2) is 0 Å². The van der Waals surface area contributed by atoms with E-state index in [1.165, 1.54) is 154 Å². The molecule has 0 N–H and O–H groups in total. The average molecular weight is 523 g/mol. The minimum absolute atomic E-state index is 0.0814. The zero-order valence-corrected chi connectivity index (χ0v) is 26.3. The second kappa shape index (κ2) is 28.5. The lowest BCUT2D eigenvalue weighted by atomic mass is 9.79. The molecule has 0 radical (unpaired) electrons. The highest BCUT2D eigenvalue weighted by molar-refractivity contribution is 5.76. The molecule has 1 unspecified atom stereocenters. The van der Waals surface area contributed by atoms with Crippen LogP contribution in [0.2, 0.25) is 0 Å². The first-order valence-electron chi connectivity index (χ1n) is 17.3. The van der Waals surface area contributed by atoms with Gasteiger partial charge in [-0.2, -0.15) is 0 Å². The first-order chi connectivity index (χ1) is 18.1. The highest BCUT2D eigenvalue weighted by Gasteiger charge is 2.33. The van der Waals surface area contributed by atoms with E-state index in [0.29, 0.717) is 6.61 Å². The Morgan fingerprint density at radius 3 is 1.08 bits per heavy atom. The molecule has 37 heavy (non-hydrogen) atoms. The molecule has 2 heteroatoms. The number of hydrogen-bond acceptors (Lipinski definition) is 2. The number of rotatable bonds is 30. The van der Waals surface area contributed by atoms with E-state index in [-0.39, 0.29) is 11.4 Å². The molecular weight excluding hydrogens is 452 g/mol. The fourth-order valence-corrected chi connectivity index (χ4v) is 5.56. The second-order valence-electron chi connectivity index (χ2n) is 12.3. The summed E-state index contributed by atoms with van der Waals surface area (Å²) < 4.78 is 5.84. The normalized spacial score (nSPS) is 13.1. The lowest BCUT2D eigenvalue weighted by molar-refractivity contribution is -0.156. The van der Waals surface area contributed by atoms with Gasteiger partial charge in [-0.3, -0.25) is 4.79 Å². The summed E-state index contributed by atoms with van der Waals surface area (Å²) >= 11 is 0. The van der Waals surface area contributed by atoms with Crippen molar-refractivity contribution in [2.75, 3.05) is 6.61 Å². The predicted octanol–water partition coefficient (Wildman–Crippen LogP) is 12.5. The molecule has 0 heterocycles. The summed E-state index contributed by atoms with van der Waals surface area (Å²) in [7, 11) is 0. The molecular formula is C35H70O2. The summed E-state index contributed by atoms with van der Waals surface area (Å²) in [6.07, 6.45) is 36.6. The summed E-state index contributed by atoms with van der Waals surface area (Å²) in [5.41, 5.74) is -0.272. The largest absolute Gasteiger partial charge is 0.465 e. The van der Waals surface area contributed by atoms with E-state index in [1.807, 2.05) is 0 Å². The second-order valence-corrected chi connectivity index (χ2v) is 12.3. The van der Waals surface area contributed by atoms with Crippen molar-refractivity contribution in [1.82, 2.24) is 0 Å². The van der Waals surface area contributed by atoms with Gasteiger partial charge in [0, 0.05) is 0 Å². The number of hydrogen-bond donors (Lipinski definition) is 0. The molecule has 2 nitrogen and oxygen atoms in total. The molecule has 1 atom stereocenters. The fraction of sp³-hybridized carbons (Fsp3) is 0.971. The summed E-state index contributed by atoms with van der Waals surface area (Å²) in [6.45, 7) is 9.62.